The van der Waals surface area contributed by atoms with Crippen LogP contribution in [0.25, 0.3) is 5.69 Å². The fourth-order valence-corrected chi connectivity index (χ4v) is 3.42. The lowest BCUT2D eigenvalue weighted by molar-refractivity contribution is 0.475. The molecule has 3 rings (SSSR count). The molecule has 0 fully saturated rings. The summed E-state index contributed by atoms with van der Waals surface area (Å²) in [6.45, 7) is 0. The third-order valence-corrected chi connectivity index (χ3v) is 4.55. The first-order valence-electron chi connectivity index (χ1n) is 6.06. The van der Waals surface area contributed by atoms with Gasteiger partial charge in [0.15, 0.2) is 0 Å². The van der Waals surface area contributed by atoms with Crippen LogP contribution in [-0.2, 0) is 6.42 Å². The van der Waals surface area contributed by atoms with Crippen LogP contribution in [0.5, 0.6) is 5.75 Å². The number of aromatic nitrogens is 4. The normalized spacial score (nSPS) is 10.8. The molecule has 0 aliphatic carbocycles. The average Bonchev–Trinajstić information content (AvgIpc) is 3.11. The largest absolute Gasteiger partial charge is 0.508 e. The van der Waals surface area contributed by atoms with Crippen molar-refractivity contribution in [1.82, 2.24) is 20.2 Å². The lowest BCUT2D eigenvalue weighted by Crippen LogP contribution is -1.99. The Kier molecular flexibility index (Phi) is 3.98. The molecule has 0 amide bonds. The van der Waals surface area contributed by atoms with E-state index < -0.39 is 0 Å². The highest BCUT2D eigenvalue weighted by Crippen LogP contribution is 2.21. The van der Waals surface area contributed by atoms with Crippen molar-refractivity contribution in [1.29, 1.82) is 0 Å². The molecule has 0 spiro atoms. The minimum Gasteiger partial charge on any atom is -0.508 e. The van der Waals surface area contributed by atoms with Gasteiger partial charge in [-0.3, -0.25) is 0 Å². The smallest absolute Gasteiger partial charge is 0.214 e. The Hall–Kier alpha value is -1.86. The number of nitrogens with zero attached hydrogens (tertiary/aromatic N) is 4. The molecule has 102 valence electrons. The van der Waals surface area contributed by atoms with Gasteiger partial charge in [0, 0.05) is 10.6 Å². The molecule has 7 heteroatoms. The number of thiophene rings is 1. The molecule has 0 saturated heterocycles. The van der Waals surface area contributed by atoms with Gasteiger partial charge in [-0.1, -0.05) is 17.8 Å². The highest BCUT2D eigenvalue weighted by Gasteiger charge is 2.09. The molecule has 0 aliphatic rings. The van der Waals surface area contributed by atoms with Gasteiger partial charge in [-0.2, -0.15) is 4.68 Å². The van der Waals surface area contributed by atoms with E-state index in [1.165, 1.54) is 4.88 Å². The predicted molar refractivity (Wildman–Crippen MR) is 79.6 cm³/mol. The van der Waals surface area contributed by atoms with Crippen molar-refractivity contribution in [2.75, 3.05) is 5.75 Å². The van der Waals surface area contributed by atoms with Crippen LogP contribution in [0.15, 0.2) is 46.9 Å². The zero-order valence-corrected chi connectivity index (χ0v) is 12.1. The van der Waals surface area contributed by atoms with Gasteiger partial charge >= 0.3 is 0 Å². The third kappa shape index (κ3) is 3.00. The van der Waals surface area contributed by atoms with Crippen LogP contribution in [0.2, 0.25) is 0 Å². The Morgan fingerprint density at radius 2 is 2.05 bits per heavy atom. The molecule has 20 heavy (non-hydrogen) atoms. The second-order valence-corrected chi connectivity index (χ2v) is 6.16. The van der Waals surface area contributed by atoms with Gasteiger partial charge in [-0.25, -0.2) is 0 Å². The summed E-state index contributed by atoms with van der Waals surface area (Å²) in [5.41, 5.74) is 0.839. The van der Waals surface area contributed by atoms with Gasteiger partial charge in [0.1, 0.15) is 5.75 Å². The molecule has 1 aromatic carbocycles. The lowest BCUT2D eigenvalue weighted by atomic mass is 10.3. The van der Waals surface area contributed by atoms with E-state index in [2.05, 4.69) is 33.0 Å². The van der Waals surface area contributed by atoms with Crippen LogP contribution in [0.1, 0.15) is 4.88 Å². The maximum atomic E-state index is 9.31. The van der Waals surface area contributed by atoms with Crippen LogP contribution >= 0.6 is 23.1 Å². The van der Waals surface area contributed by atoms with E-state index in [0.29, 0.717) is 0 Å². The van der Waals surface area contributed by atoms with Crippen LogP contribution < -0.4 is 0 Å². The molecule has 1 N–H and O–H groups in total. The zero-order chi connectivity index (χ0) is 13.8. The fraction of sp³-hybridized carbons (Fsp3) is 0.154. The number of aryl methyl sites for hydroxylation is 1. The summed E-state index contributed by atoms with van der Waals surface area (Å²) in [6.07, 6.45) is 1.00. The van der Waals surface area contributed by atoms with E-state index in [-0.39, 0.29) is 5.75 Å². The molecule has 0 bridgehead atoms. The molecule has 0 atom stereocenters. The summed E-state index contributed by atoms with van der Waals surface area (Å²) in [4.78, 5) is 1.36. The Balaban J connectivity index is 1.68. The molecular weight excluding hydrogens is 292 g/mol. The van der Waals surface area contributed by atoms with Crippen molar-refractivity contribution in [3.05, 3.63) is 46.7 Å². The predicted octanol–water partition coefficient (Wildman–Crippen LogP) is 2.76. The number of aromatic hydroxyl groups is 1. The van der Waals surface area contributed by atoms with Gasteiger partial charge in [0.25, 0.3) is 0 Å². The quantitative estimate of drug-likeness (QED) is 0.734. The minimum atomic E-state index is 0.230. The van der Waals surface area contributed by atoms with Gasteiger partial charge < -0.3 is 5.11 Å². The van der Waals surface area contributed by atoms with E-state index >= 15 is 0 Å². The van der Waals surface area contributed by atoms with Crippen molar-refractivity contribution < 1.29 is 5.11 Å². The van der Waals surface area contributed by atoms with Crippen molar-refractivity contribution in [2.24, 2.45) is 0 Å². The first-order valence-corrected chi connectivity index (χ1v) is 7.92. The van der Waals surface area contributed by atoms with Crippen molar-refractivity contribution >= 4 is 23.1 Å². The maximum Gasteiger partial charge on any atom is 0.214 e. The standard InChI is InChI=1S/C13H12N4OS2/c18-11-5-3-10(4-6-11)17-13(14-15-16-17)20-9-7-12-2-1-8-19-12/h1-6,8,18H,7,9H2. The van der Waals surface area contributed by atoms with Crippen LogP contribution in [0.4, 0.5) is 0 Å². The SMILES string of the molecule is Oc1ccc(-n2nnnc2SCCc2cccs2)cc1. The molecule has 0 aliphatic heterocycles. The molecule has 0 radical (unpaired) electrons. The summed E-state index contributed by atoms with van der Waals surface area (Å²) >= 11 is 3.38. The topological polar surface area (TPSA) is 63.8 Å². The van der Waals surface area contributed by atoms with Crippen molar-refractivity contribution in [3.63, 3.8) is 0 Å². The Labute approximate surface area is 124 Å². The number of tetrazole rings is 1. The number of rotatable bonds is 5. The second kappa shape index (κ2) is 6.06. The Morgan fingerprint density at radius 3 is 2.80 bits per heavy atom. The van der Waals surface area contributed by atoms with Gasteiger partial charge in [0.05, 0.1) is 5.69 Å². The Morgan fingerprint density at radius 1 is 1.20 bits per heavy atom. The van der Waals surface area contributed by atoms with E-state index in [1.807, 2.05) is 0 Å². The molecule has 0 unspecified atom stereocenters. The fourth-order valence-electron chi connectivity index (χ4n) is 1.72. The van der Waals surface area contributed by atoms with Gasteiger partial charge in [-0.05, 0) is 52.6 Å². The van der Waals surface area contributed by atoms with Gasteiger partial charge in [0.2, 0.25) is 5.16 Å². The molecule has 2 aromatic heterocycles. The number of phenols is 1. The van der Waals surface area contributed by atoms with E-state index in [4.69, 9.17) is 0 Å². The highest BCUT2D eigenvalue weighted by atomic mass is 32.2. The number of hydrogen-bond donors (Lipinski definition) is 1. The van der Waals surface area contributed by atoms with E-state index in [0.717, 1.165) is 23.0 Å². The number of thioether (sulfide) groups is 1. The molecule has 5 nitrogen and oxygen atoms in total. The van der Waals surface area contributed by atoms with Crippen LogP contribution in [-0.4, -0.2) is 31.1 Å². The van der Waals surface area contributed by atoms with Crippen molar-refractivity contribution in [2.45, 2.75) is 11.6 Å². The summed E-state index contributed by atoms with van der Waals surface area (Å²) in [5, 5.41) is 23.9. The molecular formula is C13H12N4OS2. The third-order valence-electron chi connectivity index (χ3n) is 2.69. The Bertz CT molecular complexity index is 664. The number of phenolic OH excluding ortho intramolecular Hbond substituents is 1. The summed E-state index contributed by atoms with van der Waals surface area (Å²) in [5.74, 6) is 1.16. The van der Waals surface area contributed by atoms with E-state index in [9.17, 15) is 5.11 Å². The maximum absolute atomic E-state index is 9.31. The monoisotopic (exact) mass is 304 g/mol. The number of hydrogen-bond acceptors (Lipinski definition) is 6. The highest BCUT2D eigenvalue weighted by molar-refractivity contribution is 7.99. The first kappa shape index (κ1) is 13.1. The molecule has 3 aromatic rings. The second-order valence-electron chi connectivity index (χ2n) is 4.07. The molecule has 0 saturated carbocycles. The lowest BCUT2D eigenvalue weighted by Gasteiger charge is -2.03. The minimum absolute atomic E-state index is 0.230. The summed E-state index contributed by atoms with van der Waals surface area (Å²) in [6, 6.07) is 11.0. The molecule has 2 heterocycles. The number of benzene rings is 1. The van der Waals surface area contributed by atoms with Crippen LogP contribution in [0, 0.1) is 0 Å². The van der Waals surface area contributed by atoms with Crippen molar-refractivity contribution in [3.8, 4) is 11.4 Å². The summed E-state index contributed by atoms with van der Waals surface area (Å²) < 4.78 is 1.68. The average molecular weight is 304 g/mol. The van der Waals surface area contributed by atoms with E-state index in [1.54, 1.807) is 52.0 Å². The summed E-state index contributed by atoms with van der Waals surface area (Å²) in [7, 11) is 0. The van der Waals surface area contributed by atoms with Gasteiger partial charge in [-0.15, -0.1) is 16.4 Å². The van der Waals surface area contributed by atoms with Crippen LogP contribution in [0.3, 0.4) is 0 Å². The first-order chi connectivity index (χ1) is 9.83. The zero-order valence-electron chi connectivity index (χ0n) is 10.5.